The van der Waals surface area contributed by atoms with Gasteiger partial charge in [-0.15, -0.1) is 0 Å². The van der Waals surface area contributed by atoms with Gasteiger partial charge in [0.15, 0.2) is 0 Å². The first-order valence-electron chi connectivity index (χ1n) is 4.86. The zero-order chi connectivity index (χ0) is 9.69. The van der Waals surface area contributed by atoms with E-state index in [9.17, 15) is 4.79 Å². The first-order chi connectivity index (χ1) is 5.95. The summed E-state index contributed by atoms with van der Waals surface area (Å²) in [5.74, 6) is -0.619. The predicted molar refractivity (Wildman–Crippen MR) is 48.1 cm³/mol. The summed E-state index contributed by atoms with van der Waals surface area (Å²) in [6.45, 7) is 5.13. The van der Waals surface area contributed by atoms with Crippen molar-refractivity contribution in [3.05, 3.63) is 0 Å². The number of rotatable bonds is 1. The summed E-state index contributed by atoms with van der Waals surface area (Å²) in [5, 5.41) is 9.11. The van der Waals surface area contributed by atoms with Crippen molar-refractivity contribution in [2.24, 2.45) is 0 Å². The van der Waals surface area contributed by atoms with Gasteiger partial charge in [-0.3, -0.25) is 0 Å². The van der Waals surface area contributed by atoms with Gasteiger partial charge in [-0.25, -0.2) is 4.79 Å². The first-order valence-corrected chi connectivity index (χ1v) is 4.86. The summed E-state index contributed by atoms with van der Waals surface area (Å²) in [7, 11) is 4.26. The average molecular weight is 186 g/mol. The van der Waals surface area contributed by atoms with Gasteiger partial charge in [0, 0.05) is 0 Å². The Labute approximate surface area is 78.5 Å². The molecule has 3 fully saturated rings. The number of nitrogens with zero attached hydrogens (tertiary/aromatic N) is 2. The quantitative estimate of drug-likeness (QED) is 0.553. The molecule has 3 rings (SSSR count). The third-order valence-corrected chi connectivity index (χ3v) is 3.95. The number of aliphatic carboxylic acids is 1. The predicted octanol–water partition coefficient (Wildman–Crippen LogP) is -0.640. The Morgan fingerprint density at radius 3 is 2.15 bits per heavy atom. The lowest BCUT2D eigenvalue weighted by molar-refractivity contribution is -1.07. The van der Waals surface area contributed by atoms with Crippen molar-refractivity contribution < 1.29 is 18.9 Å². The minimum Gasteiger partial charge on any atom is -0.477 e. The molecule has 74 valence electrons. The van der Waals surface area contributed by atoms with E-state index in [1.54, 1.807) is 0 Å². The molecule has 3 heterocycles. The van der Waals surface area contributed by atoms with Crippen molar-refractivity contribution in [3.8, 4) is 0 Å². The van der Waals surface area contributed by atoms with Crippen LogP contribution in [0.3, 0.4) is 0 Å². The van der Waals surface area contributed by atoms with Crippen LogP contribution in [0.1, 0.15) is 0 Å². The molecule has 1 atom stereocenters. The zero-order valence-corrected chi connectivity index (χ0v) is 8.36. The highest BCUT2D eigenvalue weighted by Crippen LogP contribution is 2.27. The second-order valence-corrected chi connectivity index (χ2v) is 5.03. The number of fused-ring (bicyclic) bond motifs is 3. The van der Waals surface area contributed by atoms with Gasteiger partial charge >= 0.3 is 5.97 Å². The maximum Gasteiger partial charge on any atom is 0.368 e. The number of hydrogen-bond acceptors (Lipinski definition) is 1. The van der Waals surface area contributed by atoms with Crippen molar-refractivity contribution in [2.75, 3.05) is 46.8 Å². The first kappa shape index (κ1) is 8.97. The molecule has 3 aliphatic rings. The normalized spacial score (nSPS) is 49.2. The van der Waals surface area contributed by atoms with Gasteiger partial charge in [-0.05, 0) is 0 Å². The summed E-state index contributed by atoms with van der Waals surface area (Å²) in [5.41, 5.74) is 0. The van der Waals surface area contributed by atoms with E-state index in [2.05, 4.69) is 14.1 Å². The molecule has 0 radical (unpaired) electrons. The van der Waals surface area contributed by atoms with Crippen LogP contribution in [0, 0.1) is 0 Å². The molecule has 0 amide bonds. The highest BCUT2D eigenvalue weighted by Gasteiger charge is 2.54. The van der Waals surface area contributed by atoms with E-state index in [-0.39, 0.29) is 6.04 Å². The number of piperazine rings is 3. The van der Waals surface area contributed by atoms with E-state index in [0.29, 0.717) is 0 Å². The van der Waals surface area contributed by atoms with E-state index < -0.39 is 5.97 Å². The van der Waals surface area contributed by atoms with Gasteiger partial charge in [0.2, 0.25) is 6.04 Å². The van der Waals surface area contributed by atoms with Gasteiger partial charge in [-0.1, -0.05) is 0 Å². The second-order valence-electron chi connectivity index (χ2n) is 5.03. The Hall–Kier alpha value is -0.610. The molecular weight excluding hydrogens is 168 g/mol. The molecule has 2 bridgehead atoms. The Bertz CT molecular complexity index is 244. The number of likely N-dealkylation sites (N-methyl/N-ethyl adjacent to an activating group) is 2. The Morgan fingerprint density at radius 2 is 1.77 bits per heavy atom. The molecule has 3 saturated heterocycles. The van der Waals surface area contributed by atoms with Crippen LogP contribution in [0.25, 0.3) is 0 Å². The fourth-order valence-electron chi connectivity index (χ4n) is 2.62. The molecule has 13 heavy (non-hydrogen) atoms. The van der Waals surface area contributed by atoms with E-state index in [4.69, 9.17) is 5.11 Å². The minimum absolute atomic E-state index is 0.174. The van der Waals surface area contributed by atoms with Crippen LogP contribution in [0.5, 0.6) is 0 Å². The molecule has 4 heteroatoms. The number of carbonyl (C=O) groups is 1. The fourth-order valence-corrected chi connectivity index (χ4v) is 2.62. The fraction of sp³-hybridized carbons (Fsp3) is 0.889. The summed E-state index contributed by atoms with van der Waals surface area (Å²) in [6.07, 6.45) is 0. The molecule has 0 spiro atoms. The Kier molecular flexibility index (Phi) is 1.69. The molecule has 4 nitrogen and oxygen atoms in total. The molecule has 0 aromatic heterocycles. The van der Waals surface area contributed by atoms with Gasteiger partial charge in [0.05, 0.1) is 14.1 Å². The standard InChI is InChI=1S/C9H17N2O2/c1-10-3-5-11(2,6-4-10)8(7-10)9(12)13/h8H,3-7H2,1-2H3/q+1/p+1. The number of carboxylic acids is 1. The molecule has 0 aromatic carbocycles. The smallest absolute Gasteiger partial charge is 0.368 e. The minimum atomic E-state index is -0.619. The topological polar surface area (TPSA) is 37.3 Å². The number of quaternary nitrogens is 2. The van der Waals surface area contributed by atoms with Crippen molar-refractivity contribution in [2.45, 2.75) is 6.04 Å². The molecule has 3 aliphatic heterocycles. The monoisotopic (exact) mass is 186 g/mol. The van der Waals surface area contributed by atoms with E-state index >= 15 is 0 Å². The van der Waals surface area contributed by atoms with Crippen molar-refractivity contribution in [1.82, 2.24) is 0 Å². The van der Waals surface area contributed by atoms with Crippen molar-refractivity contribution in [1.29, 1.82) is 0 Å². The van der Waals surface area contributed by atoms with Crippen LogP contribution in [0.2, 0.25) is 0 Å². The molecule has 0 aliphatic carbocycles. The molecule has 0 saturated carbocycles. The summed E-state index contributed by atoms with van der Waals surface area (Å²) < 4.78 is 1.72. The highest BCUT2D eigenvalue weighted by atomic mass is 16.4. The molecular formula is C9H18N2O2+2. The van der Waals surface area contributed by atoms with Crippen molar-refractivity contribution in [3.63, 3.8) is 0 Å². The lowest BCUT2D eigenvalue weighted by Crippen LogP contribution is -2.78. The van der Waals surface area contributed by atoms with Crippen LogP contribution < -0.4 is 0 Å². The SMILES string of the molecule is C[N+]12CC[N+](C)(CC1)C(C(=O)O)C2. The van der Waals surface area contributed by atoms with Gasteiger partial charge < -0.3 is 14.1 Å². The highest BCUT2D eigenvalue weighted by molar-refractivity contribution is 5.72. The lowest BCUT2D eigenvalue weighted by atomic mass is 10.0. The zero-order valence-electron chi connectivity index (χ0n) is 8.36. The largest absolute Gasteiger partial charge is 0.477 e. The maximum atomic E-state index is 11.1. The molecule has 1 unspecified atom stereocenters. The maximum absolute atomic E-state index is 11.1. The second kappa shape index (κ2) is 2.45. The van der Waals surface area contributed by atoms with Gasteiger partial charge in [0.1, 0.15) is 32.7 Å². The third kappa shape index (κ3) is 1.25. The van der Waals surface area contributed by atoms with Crippen LogP contribution in [-0.4, -0.2) is 72.9 Å². The summed E-state index contributed by atoms with van der Waals surface area (Å²) >= 11 is 0. The van der Waals surface area contributed by atoms with Crippen LogP contribution in [0.15, 0.2) is 0 Å². The van der Waals surface area contributed by atoms with E-state index in [1.165, 1.54) is 0 Å². The van der Waals surface area contributed by atoms with E-state index in [1.807, 2.05) is 0 Å². The number of carboxylic acid groups (broad SMARTS) is 1. The van der Waals surface area contributed by atoms with Crippen LogP contribution in [0.4, 0.5) is 0 Å². The van der Waals surface area contributed by atoms with Crippen molar-refractivity contribution >= 4 is 5.97 Å². The third-order valence-electron chi connectivity index (χ3n) is 3.95. The Morgan fingerprint density at radius 1 is 1.23 bits per heavy atom. The molecule has 0 aromatic rings. The summed E-state index contributed by atoms with van der Waals surface area (Å²) in [6, 6.07) is -0.174. The average Bonchev–Trinajstić information content (AvgIpc) is 2.07. The molecule has 1 N–H and O–H groups in total. The van der Waals surface area contributed by atoms with Gasteiger partial charge in [-0.2, -0.15) is 0 Å². The summed E-state index contributed by atoms with van der Waals surface area (Å²) in [4.78, 5) is 11.1. The Balaban J connectivity index is 2.26. The van der Waals surface area contributed by atoms with Gasteiger partial charge in [0.25, 0.3) is 0 Å². The van der Waals surface area contributed by atoms with Crippen LogP contribution in [-0.2, 0) is 4.79 Å². The lowest BCUT2D eigenvalue weighted by Gasteiger charge is -2.55. The van der Waals surface area contributed by atoms with Crippen LogP contribution >= 0.6 is 0 Å². The van der Waals surface area contributed by atoms with E-state index in [0.717, 1.165) is 41.7 Å². The number of hydrogen-bond donors (Lipinski definition) is 1.